The number of halogens is 1. The molecule has 1 aromatic heterocycles. The molecule has 2 N–H and O–H groups in total. The molecule has 0 amide bonds. The number of methoxy groups -OCH3 is 1. The summed E-state index contributed by atoms with van der Waals surface area (Å²) >= 11 is 6.02. The molecular formula is C31H34ClNO6. The SMILES string of the molecule is CCC(OC(=O)C=C(C)CCC=C(C)C)(C(=O)O)c1c(C)[nH]c2ccc(OC)c(C(=O)c3ccc(Cl)cc3)c12. The first-order valence-electron chi connectivity index (χ1n) is 12.7. The molecule has 8 heteroatoms. The minimum absolute atomic E-state index is 0.0711. The van der Waals surface area contributed by atoms with E-state index in [0.717, 1.165) is 12.0 Å². The van der Waals surface area contributed by atoms with Gasteiger partial charge in [0.15, 0.2) is 5.78 Å². The minimum Gasteiger partial charge on any atom is -0.496 e. The van der Waals surface area contributed by atoms with Crippen molar-refractivity contribution in [3.05, 3.63) is 87.1 Å². The number of aliphatic carboxylic acids is 1. The second kappa shape index (κ2) is 12.3. The van der Waals surface area contributed by atoms with Gasteiger partial charge in [-0.05, 0) is 83.4 Å². The van der Waals surface area contributed by atoms with Crippen LogP contribution in [0.5, 0.6) is 5.75 Å². The highest BCUT2D eigenvalue weighted by Gasteiger charge is 2.47. The molecule has 39 heavy (non-hydrogen) atoms. The van der Waals surface area contributed by atoms with Crippen LogP contribution < -0.4 is 4.74 Å². The van der Waals surface area contributed by atoms with Crippen molar-refractivity contribution in [3.63, 3.8) is 0 Å². The van der Waals surface area contributed by atoms with E-state index < -0.39 is 17.5 Å². The van der Waals surface area contributed by atoms with E-state index >= 15 is 0 Å². The number of benzene rings is 2. The van der Waals surface area contributed by atoms with E-state index in [1.54, 1.807) is 57.2 Å². The summed E-state index contributed by atoms with van der Waals surface area (Å²) in [6.07, 6.45) is 4.72. The number of esters is 1. The van der Waals surface area contributed by atoms with Crippen LogP contribution in [0.3, 0.4) is 0 Å². The van der Waals surface area contributed by atoms with Crippen LogP contribution in [0.1, 0.15) is 74.1 Å². The van der Waals surface area contributed by atoms with Crippen molar-refractivity contribution in [2.45, 2.75) is 59.5 Å². The number of ketones is 1. The van der Waals surface area contributed by atoms with Crippen molar-refractivity contribution in [2.24, 2.45) is 0 Å². The number of allylic oxidation sites excluding steroid dienone is 3. The van der Waals surface area contributed by atoms with Crippen molar-refractivity contribution in [3.8, 4) is 5.75 Å². The Morgan fingerprint density at radius 3 is 2.31 bits per heavy atom. The summed E-state index contributed by atoms with van der Waals surface area (Å²) in [4.78, 5) is 43.0. The fourth-order valence-electron chi connectivity index (χ4n) is 4.71. The number of ether oxygens (including phenoxy) is 2. The maximum absolute atomic E-state index is 13.8. The van der Waals surface area contributed by atoms with E-state index in [9.17, 15) is 19.5 Å². The van der Waals surface area contributed by atoms with Gasteiger partial charge >= 0.3 is 11.9 Å². The molecule has 0 aliphatic heterocycles. The lowest BCUT2D eigenvalue weighted by atomic mass is 9.85. The number of carboxylic acids is 1. The second-order valence-electron chi connectivity index (χ2n) is 9.74. The number of aromatic amines is 1. The van der Waals surface area contributed by atoms with Gasteiger partial charge in [-0.25, -0.2) is 9.59 Å². The third-order valence-electron chi connectivity index (χ3n) is 6.65. The van der Waals surface area contributed by atoms with Crippen LogP contribution in [-0.2, 0) is 19.9 Å². The van der Waals surface area contributed by atoms with Gasteiger partial charge in [-0.2, -0.15) is 0 Å². The normalized spacial score (nSPS) is 13.1. The highest BCUT2D eigenvalue weighted by atomic mass is 35.5. The largest absolute Gasteiger partial charge is 0.496 e. The zero-order chi connectivity index (χ0) is 28.9. The summed E-state index contributed by atoms with van der Waals surface area (Å²) in [5.41, 5.74) is 1.58. The summed E-state index contributed by atoms with van der Waals surface area (Å²) in [5, 5.41) is 11.3. The Bertz CT molecular complexity index is 1460. The number of aryl methyl sites for hydroxylation is 1. The number of aromatic nitrogens is 1. The molecule has 7 nitrogen and oxygen atoms in total. The summed E-state index contributed by atoms with van der Waals surface area (Å²) in [7, 11) is 1.44. The molecule has 0 saturated heterocycles. The number of nitrogens with one attached hydrogen (secondary N) is 1. The van der Waals surface area contributed by atoms with Crippen LogP contribution in [-0.4, -0.2) is 34.9 Å². The van der Waals surface area contributed by atoms with Crippen molar-refractivity contribution in [2.75, 3.05) is 7.11 Å². The fraction of sp³-hybridized carbons (Fsp3) is 0.323. The molecule has 3 aromatic rings. The standard InChI is InChI=1S/C31H34ClNO6/c1-7-31(30(36)37,39-25(34)17-19(4)10-8-9-18(2)3)28-20(5)33-23-15-16-24(38-6)27(26(23)28)29(35)21-11-13-22(32)14-12-21/h9,11-17,33H,7-8,10H2,1-6H3,(H,36,37). The topological polar surface area (TPSA) is 106 Å². The minimum atomic E-state index is -2.06. The molecule has 0 fully saturated rings. The zero-order valence-electron chi connectivity index (χ0n) is 23.1. The Labute approximate surface area is 233 Å². The number of carbonyl (C=O) groups is 3. The number of rotatable bonds is 11. The molecule has 1 atom stereocenters. The molecule has 0 bridgehead atoms. The van der Waals surface area contributed by atoms with Gasteiger partial charge in [-0.15, -0.1) is 0 Å². The van der Waals surface area contributed by atoms with Gasteiger partial charge in [-0.1, -0.05) is 35.7 Å². The Morgan fingerprint density at radius 2 is 1.74 bits per heavy atom. The van der Waals surface area contributed by atoms with Gasteiger partial charge in [0.25, 0.3) is 0 Å². The van der Waals surface area contributed by atoms with Gasteiger partial charge in [0.2, 0.25) is 5.60 Å². The predicted octanol–water partition coefficient (Wildman–Crippen LogP) is 7.30. The summed E-state index contributed by atoms with van der Waals surface area (Å²) < 4.78 is 11.3. The molecule has 3 rings (SSSR count). The number of carboxylic acid groups (broad SMARTS) is 1. The van der Waals surface area contributed by atoms with Crippen LogP contribution in [0.4, 0.5) is 0 Å². The predicted molar refractivity (Wildman–Crippen MR) is 153 cm³/mol. The highest BCUT2D eigenvalue weighted by Crippen LogP contribution is 2.42. The van der Waals surface area contributed by atoms with Crippen LogP contribution in [0, 0.1) is 6.92 Å². The molecule has 1 unspecified atom stereocenters. The van der Waals surface area contributed by atoms with E-state index in [0.29, 0.717) is 33.6 Å². The lowest BCUT2D eigenvalue weighted by Crippen LogP contribution is -2.40. The first-order chi connectivity index (χ1) is 18.4. The lowest BCUT2D eigenvalue weighted by Gasteiger charge is -2.29. The maximum atomic E-state index is 13.8. The van der Waals surface area contributed by atoms with Crippen molar-refractivity contribution in [1.82, 2.24) is 4.98 Å². The molecule has 0 saturated carbocycles. The molecule has 0 aliphatic rings. The van der Waals surface area contributed by atoms with Gasteiger partial charge in [0.1, 0.15) is 5.75 Å². The van der Waals surface area contributed by atoms with Gasteiger partial charge in [-0.3, -0.25) is 4.79 Å². The van der Waals surface area contributed by atoms with Crippen LogP contribution in [0.15, 0.2) is 59.7 Å². The van der Waals surface area contributed by atoms with Gasteiger partial charge < -0.3 is 19.6 Å². The quantitative estimate of drug-likeness (QED) is 0.112. The fourth-order valence-corrected chi connectivity index (χ4v) is 4.84. The highest BCUT2D eigenvalue weighted by molar-refractivity contribution is 6.30. The molecule has 0 aliphatic carbocycles. The van der Waals surface area contributed by atoms with E-state index in [-0.39, 0.29) is 29.1 Å². The third-order valence-corrected chi connectivity index (χ3v) is 6.90. The van der Waals surface area contributed by atoms with Gasteiger partial charge in [0.05, 0.1) is 12.7 Å². The third kappa shape index (κ3) is 6.25. The first kappa shape index (κ1) is 29.7. The van der Waals surface area contributed by atoms with E-state index in [2.05, 4.69) is 11.1 Å². The average Bonchev–Trinajstić information content (AvgIpc) is 3.22. The first-order valence-corrected chi connectivity index (χ1v) is 13.1. The molecule has 1 heterocycles. The second-order valence-corrected chi connectivity index (χ2v) is 10.2. The smallest absolute Gasteiger partial charge is 0.353 e. The molecule has 2 aromatic carbocycles. The monoisotopic (exact) mass is 551 g/mol. The Balaban J connectivity index is 2.21. The molecule has 0 radical (unpaired) electrons. The number of hydrogen-bond donors (Lipinski definition) is 2. The van der Waals surface area contributed by atoms with Crippen molar-refractivity contribution in [1.29, 1.82) is 0 Å². The van der Waals surface area contributed by atoms with Crippen LogP contribution in [0.25, 0.3) is 10.9 Å². The summed E-state index contributed by atoms with van der Waals surface area (Å²) in [6.45, 7) is 9.13. The zero-order valence-corrected chi connectivity index (χ0v) is 23.9. The Kier molecular flexibility index (Phi) is 9.41. The van der Waals surface area contributed by atoms with Crippen LogP contribution >= 0.6 is 11.6 Å². The van der Waals surface area contributed by atoms with E-state index in [1.165, 1.54) is 18.8 Å². The van der Waals surface area contributed by atoms with Gasteiger partial charge in [0, 0.05) is 38.8 Å². The number of carbonyl (C=O) groups excluding carboxylic acids is 2. The maximum Gasteiger partial charge on any atom is 0.353 e. The Morgan fingerprint density at radius 1 is 1.08 bits per heavy atom. The van der Waals surface area contributed by atoms with Crippen molar-refractivity contribution >= 4 is 40.2 Å². The number of H-pyrrole nitrogens is 1. The molecular weight excluding hydrogens is 518 g/mol. The van der Waals surface area contributed by atoms with Crippen molar-refractivity contribution < 1.29 is 29.0 Å². The van der Waals surface area contributed by atoms with E-state index in [1.807, 2.05) is 13.8 Å². The summed E-state index contributed by atoms with van der Waals surface area (Å²) in [6, 6.07) is 9.74. The lowest BCUT2D eigenvalue weighted by molar-refractivity contribution is -0.177. The van der Waals surface area contributed by atoms with E-state index in [4.69, 9.17) is 21.1 Å². The molecule has 206 valence electrons. The van der Waals surface area contributed by atoms with Crippen LogP contribution in [0.2, 0.25) is 5.02 Å². The average molecular weight is 552 g/mol. The number of fused-ring (bicyclic) bond motifs is 1. The number of hydrogen-bond acceptors (Lipinski definition) is 5. The summed E-state index contributed by atoms with van der Waals surface area (Å²) in [5.74, 6) is -2.23. The Hall–Kier alpha value is -3.84. The molecule has 0 spiro atoms.